The van der Waals surface area contributed by atoms with Gasteiger partial charge in [0.25, 0.3) is 0 Å². The zero-order chi connectivity index (χ0) is 15.6. The molecule has 0 bridgehead atoms. The van der Waals surface area contributed by atoms with Crippen LogP contribution >= 0.6 is 0 Å². The second kappa shape index (κ2) is 6.18. The summed E-state index contributed by atoms with van der Waals surface area (Å²) in [5.41, 5.74) is 1.77. The fourth-order valence-electron chi connectivity index (χ4n) is 3.11. The summed E-state index contributed by atoms with van der Waals surface area (Å²) >= 11 is 0. The highest BCUT2D eigenvalue weighted by Gasteiger charge is 2.43. The van der Waals surface area contributed by atoms with E-state index in [1.807, 2.05) is 6.07 Å². The van der Waals surface area contributed by atoms with Gasteiger partial charge >= 0.3 is 0 Å². The van der Waals surface area contributed by atoms with E-state index in [4.69, 9.17) is 9.26 Å². The van der Waals surface area contributed by atoms with Crippen molar-refractivity contribution in [1.29, 1.82) is 0 Å². The van der Waals surface area contributed by atoms with E-state index in [1.165, 1.54) is 12.1 Å². The number of halogens is 1. The van der Waals surface area contributed by atoms with Crippen molar-refractivity contribution in [2.45, 2.75) is 25.8 Å². The monoisotopic (exact) mass is 304 g/mol. The summed E-state index contributed by atoms with van der Waals surface area (Å²) in [5.74, 6) is 0.417. The Hall–Kier alpha value is -1.72. The smallest absolute Gasteiger partial charge is 0.167 e. The first-order valence-corrected chi connectivity index (χ1v) is 7.71. The van der Waals surface area contributed by atoms with E-state index >= 15 is 0 Å². The molecule has 2 aromatic rings. The molecule has 0 aliphatic carbocycles. The zero-order valence-corrected chi connectivity index (χ0v) is 13.0. The lowest BCUT2D eigenvalue weighted by atomic mass is 9.89. The Morgan fingerprint density at radius 2 is 1.86 bits per heavy atom. The Morgan fingerprint density at radius 1 is 1.18 bits per heavy atom. The molecule has 0 atom stereocenters. The van der Waals surface area contributed by atoms with E-state index < -0.39 is 0 Å². The Kier molecular flexibility index (Phi) is 4.27. The van der Waals surface area contributed by atoms with Gasteiger partial charge in [-0.3, -0.25) is 4.90 Å². The third kappa shape index (κ3) is 2.78. The lowest BCUT2D eigenvalue weighted by Crippen LogP contribution is -2.63. The summed E-state index contributed by atoms with van der Waals surface area (Å²) in [7, 11) is 0. The molecule has 22 heavy (non-hydrogen) atoms. The van der Waals surface area contributed by atoms with Gasteiger partial charge in [0.15, 0.2) is 5.76 Å². The van der Waals surface area contributed by atoms with Crippen LogP contribution in [0.15, 0.2) is 34.9 Å². The first-order chi connectivity index (χ1) is 10.7. The molecule has 0 N–H and O–H groups in total. The average molecular weight is 304 g/mol. The third-order valence-electron chi connectivity index (χ3n) is 4.37. The van der Waals surface area contributed by atoms with Gasteiger partial charge < -0.3 is 9.26 Å². The molecule has 118 valence electrons. The molecule has 3 rings (SSSR count). The van der Waals surface area contributed by atoms with Crippen LogP contribution in [-0.4, -0.2) is 41.9 Å². The fraction of sp³-hybridized carbons (Fsp3) is 0.471. The number of nitrogens with zero attached hydrogens (tertiary/aromatic N) is 2. The summed E-state index contributed by atoms with van der Waals surface area (Å²) in [6.45, 7) is 7.76. The van der Waals surface area contributed by atoms with Crippen molar-refractivity contribution < 1.29 is 13.7 Å². The van der Waals surface area contributed by atoms with Gasteiger partial charge in [-0.15, -0.1) is 0 Å². The Morgan fingerprint density at radius 3 is 2.41 bits per heavy atom. The third-order valence-corrected chi connectivity index (χ3v) is 4.37. The lowest BCUT2D eigenvalue weighted by molar-refractivity contribution is -0.138. The second-order valence-electron chi connectivity index (χ2n) is 5.76. The summed E-state index contributed by atoms with van der Waals surface area (Å²) < 4.78 is 23.9. The molecule has 1 aromatic heterocycles. The molecule has 0 unspecified atom stereocenters. The number of aromatic nitrogens is 1. The topological polar surface area (TPSA) is 38.5 Å². The number of ether oxygens (including phenoxy) is 1. The molecular weight excluding hydrogens is 283 g/mol. The molecule has 5 heteroatoms. The Labute approximate surface area is 129 Å². The number of rotatable bonds is 6. The van der Waals surface area contributed by atoms with Gasteiger partial charge in [0, 0.05) is 18.1 Å². The highest BCUT2D eigenvalue weighted by molar-refractivity contribution is 5.57. The summed E-state index contributed by atoms with van der Waals surface area (Å²) in [4.78, 5) is 2.42. The standard InChI is InChI=1S/C17H21FN2O2/c1-3-20(4-2)17(11-21-12-17)10-15-9-16(22-19-15)13-5-7-14(18)8-6-13/h5-9H,3-4,10-12H2,1-2H3. The van der Waals surface area contributed by atoms with E-state index in [1.54, 1.807) is 12.1 Å². The maximum atomic E-state index is 13.0. The number of likely N-dealkylation sites (N-methyl/N-ethyl adjacent to an activating group) is 1. The van der Waals surface area contributed by atoms with Crippen LogP contribution in [0.4, 0.5) is 4.39 Å². The zero-order valence-electron chi connectivity index (χ0n) is 13.0. The SMILES string of the molecule is CCN(CC)C1(Cc2cc(-c3ccc(F)cc3)on2)COC1. The number of benzene rings is 1. The van der Waals surface area contributed by atoms with Gasteiger partial charge in [0.05, 0.1) is 24.4 Å². The highest BCUT2D eigenvalue weighted by atomic mass is 19.1. The number of hydrogen-bond acceptors (Lipinski definition) is 4. The first kappa shape index (κ1) is 15.2. The molecular formula is C17H21FN2O2. The van der Waals surface area contributed by atoms with E-state index in [2.05, 4.69) is 23.9 Å². The van der Waals surface area contributed by atoms with Crippen molar-refractivity contribution in [3.63, 3.8) is 0 Å². The highest BCUT2D eigenvalue weighted by Crippen LogP contribution is 2.30. The van der Waals surface area contributed by atoms with Crippen molar-refractivity contribution in [3.05, 3.63) is 41.8 Å². The van der Waals surface area contributed by atoms with Crippen LogP contribution < -0.4 is 0 Å². The molecule has 0 spiro atoms. The minimum absolute atomic E-state index is 0.0282. The van der Waals surface area contributed by atoms with Gasteiger partial charge in [-0.25, -0.2) is 4.39 Å². The van der Waals surface area contributed by atoms with Crippen LogP contribution in [0.5, 0.6) is 0 Å². The van der Waals surface area contributed by atoms with E-state index in [9.17, 15) is 4.39 Å². The van der Waals surface area contributed by atoms with Crippen LogP contribution in [0.25, 0.3) is 11.3 Å². The summed E-state index contributed by atoms with van der Waals surface area (Å²) in [5, 5.41) is 4.18. The van der Waals surface area contributed by atoms with Crippen LogP contribution in [0, 0.1) is 5.82 Å². The van der Waals surface area contributed by atoms with Gasteiger partial charge in [0.2, 0.25) is 0 Å². The minimum Gasteiger partial charge on any atom is -0.377 e. The predicted octanol–water partition coefficient (Wildman–Crippen LogP) is 3.13. The Balaban J connectivity index is 1.77. The molecule has 1 aliphatic heterocycles. The van der Waals surface area contributed by atoms with Crippen LogP contribution in [-0.2, 0) is 11.2 Å². The van der Waals surface area contributed by atoms with E-state index in [0.29, 0.717) is 5.76 Å². The quantitative estimate of drug-likeness (QED) is 0.822. The first-order valence-electron chi connectivity index (χ1n) is 7.71. The van der Waals surface area contributed by atoms with E-state index in [-0.39, 0.29) is 11.4 Å². The van der Waals surface area contributed by atoms with Gasteiger partial charge in [0.1, 0.15) is 5.82 Å². The van der Waals surface area contributed by atoms with Crippen molar-refractivity contribution >= 4 is 0 Å². The second-order valence-corrected chi connectivity index (χ2v) is 5.76. The molecule has 4 nitrogen and oxygen atoms in total. The largest absolute Gasteiger partial charge is 0.377 e. The van der Waals surface area contributed by atoms with Gasteiger partial charge in [-0.05, 0) is 37.4 Å². The minimum atomic E-state index is -0.254. The van der Waals surface area contributed by atoms with Crippen LogP contribution in [0.2, 0.25) is 0 Å². The molecule has 0 radical (unpaired) electrons. The lowest BCUT2D eigenvalue weighted by Gasteiger charge is -2.49. The van der Waals surface area contributed by atoms with Crippen molar-refractivity contribution in [2.24, 2.45) is 0 Å². The summed E-state index contributed by atoms with van der Waals surface area (Å²) in [6, 6.07) is 8.19. The molecule has 0 saturated carbocycles. The summed E-state index contributed by atoms with van der Waals surface area (Å²) in [6.07, 6.45) is 0.805. The Bertz CT molecular complexity index is 616. The maximum Gasteiger partial charge on any atom is 0.167 e. The van der Waals surface area contributed by atoms with Gasteiger partial charge in [-0.1, -0.05) is 19.0 Å². The molecule has 1 saturated heterocycles. The van der Waals surface area contributed by atoms with Crippen LogP contribution in [0.3, 0.4) is 0 Å². The fourth-order valence-corrected chi connectivity index (χ4v) is 3.11. The van der Waals surface area contributed by atoms with Crippen molar-refractivity contribution in [2.75, 3.05) is 26.3 Å². The maximum absolute atomic E-state index is 13.0. The normalized spacial score (nSPS) is 16.7. The average Bonchev–Trinajstić information content (AvgIpc) is 2.95. The molecule has 0 amide bonds. The number of hydrogen-bond donors (Lipinski definition) is 0. The van der Waals surface area contributed by atoms with Crippen LogP contribution in [0.1, 0.15) is 19.5 Å². The molecule has 2 heterocycles. The molecule has 1 aliphatic rings. The van der Waals surface area contributed by atoms with Crippen molar-refractivity contribution in [3.8, 4) is 11.3 Å². The van der Waals surface area contributed by atoms with Gasteiger partial charge in [-0.2, -0.15) is 0 Å². The molecule has 1 aromatic carbocycles. The predicted molar refractivity (Wildman–Crippen MR) is 82.1 cm³/mol. The van der Waals surface area contributed by atoms with E-state index in [0.717, 1.165) is 44.0 Å². The van der Waals surface area contributed by atoms with Crippen molar-refractivity contribution in [1.82, 2.24) is 10.1 Å². The molecule has 1 fully saturated rings.